The standard InChI is InChI=1S/Li.Mg.Ni.Ti.3H. The van der Waals surface area contributed by atoms with Gasteiger partial charge in [0, 0.05) is 38.2 Å². The molecule has 0 aliphatic rings. The van der Waals surface area contributed by atoms with Gasteiger partial charge in [-0.3, -0.25) is 0 Å². The Morgan fingerprint density at radius 2 is 1.00 bits per heavy atom. The van der Waals surface area contributed by atoms with Crippen molar-refractivity contribution in [3.8, 4) is 0 Å². The third kappa shape index (κ3) is 8.82. The van der Waals surface area contributed by atoms with Gasteiger partial charge in [-0.1, -0.05) is 0 Å². The molecule has 20 valence electrons. The van der Waals surface area contributed by atoms with Crippen LogP contribution in [0.2, 0.25) is 0 Å². The molecule has 0 nitrogen and oxygen atoms in total. The molecule has 0 aromatic carbocycles. The minimum Gasteiger partial charge on any atom is 0 e. The topological polar surface area (TPSA) is 0 Å². The summed E-state index contributed by atoms with van der Waals surface area (Å²) in [5.74, 6) is 0. The minimum atomic E-state index is 0. The van der Waals surface area contributed by atoms with Crippen LogP contribution in [0, 0.1) is 0 Å². The molecule has 4 heteroatoms. The molecule has 0 amide bonds. The number of rotatable bonds is 0. The molecule has 0 aromatic heterocycles. The summed E-state index contributed by atoms with van der Waals surface area (Å²) in [5.41, 5.74) is 0. The van der Waals surface area contributed by atoms with Gasteiger partial charge in [0.15, 0.2) is 0 Å². The van der Waals surface area contributed by atoms with Crippen molar-refractivity contribution in [1.82, 2.24) is 0 Å². The largest absolute Gasteiger partial charge is 0.316 e. The molecule has 0 bridgehead atoms. The Morgan fingerprint density at radius 3 is 1.00 bits per heavy atom. The number of hydrogen-bond acceptors (Lipinski definition) is 0. The van der Waals surface area contributed by atoms with E-state index in [1.807, 2.05) is 0 Å². The fraction of sp³-hybridized carbons (Fsp3) is 0. The van der Waals surface area contributed by atoms with Gasteiger partial charge in [-0.15, -0.1) is 0 Å². The van der Waals surface area contributed by atoms with E-state index >= 15 is 0 Å². The fourth-order valence-electron chi connectivity index (χ4n) is 0. The quantitative estimate of drug-likeness (QED) is 0.357. The van der Waals surface area contributed by atoms with Gasteiger partial charge >= 0.3 is 41.9 Å². The first-order valence-electron chi connectivity index (χ1n) is 0. The predicted octanol–water partition coefficient (Wildman–Crippen LogP) is -1.57. The van der Waals surface area contributed by atoms with Crippen molar-refractivity contribution in [2.75, 3.05) is 0 Å². The predicted molar refractivity (Wildman–Crippen MR) is 15.7 cm³/mol. The van der Waals surface area contributed by atoms with Crippen molar-refractivity contribution in [2.45, 2.75) is 0 Å². The van der Waals surface area contributed by atoms with E-state index in [-0.39, 0.29) is 80.1 Å². The van der Waals surface area contributed by atoms with E-state index in [0.717, 1.165) is 0 Å². The first-order valence-corrected chi connectivity index (χ1v) is 0. The summed E-state index contributed by atoms with van der Waals surface area (Å²) in [6.45, 7) is 0. The van der Waals surface area contributed by atoms with Crippen LogP contribution in [0.25, 0.3) is 0 Å². The summed E-state index contributed by atoms with van der Waals surface area (Å²) in [6.07, 6.45) is 0. The molecule has 0 aromatic rings. The fourth-order valence-corrected chi connectivity index (χ4v) is 0. The van der Waals surface area contributed by atoms with Crippen molar-refractivity contribution in [2.24, 2.45) is 0 Å². The molecule has 0 atom stereocenters. The van der Waals surface area contributed by atoms with Crippen molar-refractivity contribution in [3.05, 3.63) is 0 Å². The summed E-state index contributed by atoms with van der Waals surface area (Å²) >= 11 is 0. The molecule has 0 fully saturated rings. The SMILES string of the molecule is [LiH].[MgH2].[Ni].[Ti]. The van der Waals surface area contributed by atoms with E-state index in [2.05, 4.69) is 0 Å². The van der Waals surface area contributed by atoms with Gasteiger partial charge in [0.2, 0.25) is 0 Å². The summed E-state index contributed by atoms with van der Waals surface area (Å²) in [5, 5.41) is 0. The first kappa shape index (κ1) is 30.8. The van der Waals surface area contributed by atoms with E-state index < -0.39 is 0 Å². The van der Waals surface area contributed by atoms with Crippen molar-refractivity contribution in [3.63, 3.8) is 0 Å². The molecule has 0 aliphatic carbocycles. The monoisotopic (exact) mass is 140 g/mol. The van der Waals surface area contributed by atoms with Gasteiger partial charge in [0.1, 0.15) is 0 Å². The molecule has 0 spiro atoms. The summed E-state index contributed by atoms with van der Waals surface area (Å²) in [7, 11) is 0. The molecular formula is H3LiMgNiTi. The number of hydrogen-bond donors (Lipinski definition) is 0. The van der Waals surface area contributed by atoms with Crippen molar-refractivity contribution >= 4 is 41.9 Å². The van der Waals surface area contributed by atoms with E-state index in [1.165, 1.54) is 0 Å². The third-order valence-corrected chi connectivity index (χ3v) is 0. The second kappa shape index (κ2) is 17.6. The Morgan fingerprint density at radius 1 is 1.00 bits per heavy atom. The van der Waals surface area contributed by atoms with Crippen LogP contribution in [0.4, 0.5) is 0 Å². The van der Waals surface area contributed by atoms with E-state index in [1.54, 1.807) is 0 Å². The maximum atomic E-state index is 0. The third-order valence-electron chi connectivity index (χ3n) is 0. The summed E-state index contributed by atoms with van der Waals surface area (Å²) in [4.78, 5) is 0. The Kier molecular flexibility index (Phi) is 136. The van der Waals surface area contributed by atoms with Crippen LogP contribution in [-0.2, 0) is 38.2 Å². The van der Waals surface area contributed by atoms with Gasteiger partial charge < -0.3 is 0 Å². The van der Waals surface area contributed by atoms with Gasteiger partial charge in [-0.2, -0.15) is 0 Å². The maximum absolute atomic E-state index is 0. The maximum Gasteiger partial charge on any atom is 0.316 e. The zero-order valence-corrected chi connectivity index (χ0v) is 3.37. The van der Waals surface area contributed by atoms with Gasteiger partial charge in [-0.25, -0.2) is 0 Å². The smallest absolute Gasteiger partial charge is 0 e. The first-order chi connectivity index (χ1) is 0. The van der Waals surface area contributed by atoms with E-state index in [9.17, 15) is 0 Å². The Balaban J connectivity index is 0. The molecule has 0 unspecified atom stereocenters. The Bertz CT molecular complexity index is 8.00. The van der Waals surface area contributed by atoms with Crippen LogP contribution >= 0.6 is 0 Å². The van der Waals surface area contributed by atoms with Crippen LogP contribution in [0.1, 0.15) is 0 Å². The Hall–Kier alpha value is 2.57. The zero-order valence-electron chi connectivity index (χ0n) is 0.816. The molecule has 0 aliphatic heterocycles. The Labute approximate surface area is 79.0 Å². The minimum absolute atomic E-state index is 0. The molecule has 0 N–H and O–H groups in total. The van der Waals surface area contributed by atoms with E-state index in [4.69, 9.17) is 0 Å². The normalized spacial score (nSPS) is 0. The zero-order chi connectivity index (χ0) is 0. The van der Waals surface area contributed by atoms with Crippen LogP contribution in [-0.4, -0.2) is 41.9 Å². The van der Waals surface area contributed by atoms with Crippen LogP contribution in [0.3, 0.4) is 0 Å². The average molecular weight is 141 g/mol. The molecule has 0 saturated carbocycles. The van der Waals surface area contributed by atoms with Gasteiger partial charge in [0.25, 0.3) is 0 Å². The van der Waals surface area contributed by atoms with E-state index in [0.29, 0.717) is 0 Å². The van der Waals surface area contributed by atoms with Crippen molar-refractivity contribution < 1.29 is 38.2 Å². The summed E-state index contributed by atoms with van der Waals surface area (Å²) < 4.78 is 0. The van der Waals surface area contributed by atoms with Gasteiger partial charge in [0.05, 0.1) is 0 Å². The second-order valence-electron chi connectivity index (χ2n) is 0. The average Bonchev–Trinajstić information content (AvgIpc) is 0. The van der Waals surface area contributed by atoms with Crippen LogP contribution in [0.5, 0.6) is 0 Å². The van der Waals surface area contributed by atoms with Gasteiger partial charge in [-0.05, 0) is 0 Å². The van der Waals surface area contributed by atoms with Crippen LogP contribution < -0.4 is 0 Å². The molecule has 0 heterocycles. The molecule has 0 rings (SSSR count). The molecule has 0 radical (unpaired) electrons. The van der Waals surface area contributed by atoms with Crippen LogP contribution in [0.15, 0.2) is 0 Å². The summed E-state index contributed by atoms with van der Waals surface area (Å²) in [6, 6.07) is 0. The molecule has 4 heavy (non-hydrogen) atoms. The second-order valence-corrected chi connectivity index (χ2v) is 0. The van der Waals surface area contributed by atoms with Crippen molar-refractivity contribution in [1.29, 1.82) is 0 Å². The molecule has 0 saturated heterocycles. The molecular weight excluding hydrogens is 138 g/mol.